The first kappa shape index (κ1) is 32.9. The Morgan fingerprint density at radius 3 is 2.54 bits per heavy atom. The average molecular weight is 702 g/mol. The van der Waals surface area contributed by atoms with Gasteiger partial charge in [-0.3, -0.25) is 23.9 Å². The number of hydrogen-bond acceptors (Lipinski definition) is 10. The molecule has 1 aromatic carbocycles. The van der Waals surface area contributed by atoms with Crippen LogP contribution in [0.4, 0.5) is 21.0 Å². The Bertz CT molecular complexity index is 2180. The van der Waals surface area contributed by atoms with Gasteiger partial charge in [-0.1, -0.05) is 19.1 Å². The van der Waals surface area contributed by atoms with E-state index >= 15 is 0 Å². The number of carbonyl (C=O) groups excluding carboxylic acids is 3. The van der Waals surface area contributed by atoms with Crippen molar-refractivity contribution < 1.29 is 18.8 Å². The minimum atomic E-state index is -0.670. The van der Waals surface area contributed by atoms with E-state index in [9.17, 15) is 23.6 Å². The molecule has 0 radical (unpaired) electrons. The summed E-state index contributed by atoms with van der Waals surface area (Å²) in [6, 6.07) is 7.48. The molecular weight excluding hydrogens is 666 g/mol. The number of fused-ring (bicyclic) bond motifs is 2. The highest BCUT2D eigenvalue weighted by Gasteiger charge is 2.31. The molecule has 3 amide bonds. The van der Waals surface area contributed by atoms with Crippen molar-refractivity contribution in [1.82, 2.24) is 39.2 Å². The van der Waals surface area contributed by atoms with Gasteiger partial charge in [0.15, 0.2) is 0 Å². The molecule has 2 aliphatic rings. The molecule has 0 saturated carbocycles. The second-order valence-electron chi connectivity index (χ2n) is 12.3. The van der Waals surface area contributed by atoms with Crippen LogP contribution in [0.1, 0.15) is 39.8 Å². The molecule has 2 N–H and O–H groups in total. The van der Waals surface area contributed by atoms with Crippen molar-refractivity contribution >= 4 is 51.5 Å². The minimum Gasteiger partial charge on any atom is -0.362 e. The zero-order chi connectivity index (χ0) is 35.1. The van der Waals surface area contributed by atoms with E-state index in [4.69, 9.17) is 4.98 Å². The van der Waals surface area contributed by atoms with Gasteiger partial charge in [0, 0.05) is 45.3 Å². The molecule has 0 spiro atoms. The summed E-state index contributed by atoms with van der Waals surface area (Å²) in [5.74, 6) is -1.29. The summed E-state index contributed by atoms with van der Waals surface area (Å²) in [6.07, 6.45) is 2.24. The number of nitrogens with zero attached hydrogens (tertiary/aromatic N) is 9. The number of amides is 3. The summed E-state index contributed by atoms with van der Waals surface area (Å²) in [7, 11) is 1.88. The maximum atomic E-state index is 14.3. The summed E-state index contributed by atoms with van der Waals surface area (Å²) in [5, 5.41) is 17.1. The Kier molecular flexibility index (Phi) is 8.81. The van der Waals surface area contributed by atoms with Crippen LogP contribution in [0, 0.1) is 12.7 Å². The van der Waals surface area contributed by atoms with Gasteiger partial charge in [0.2, 0.25) is 23.5 Å². The van der Waals surface area contributed by atoms with E-state index in [1.165, 1.54) is 34.1 Å². The quantitative estimate of drug-likeness (QED) is 0.235. The number of carbonyl (C=O) groups is 3. The lowest BCUT2D eigenvalue weighted by molar-refractivity contribution is -0.130. The van der Waals surface area contributed by atoms with Gasteiger partial charge in [-0.15, -0.1) is 16.4 Å². The molecule has 5 aromatic rings. The maximum absolute atomic E-state index is 14.3. The lowest BCUT2D eigenvalue weighted by Gasteiger charge is -2.36. The third kappa shape index (κ3) is 6.19. The van der Waals surface area contributed by atoms with Crippen LogP contribution >= 0.6 is 11.3 Å². The standard InChI is InChI=1S/C33H36FN11O4S/c1-4-24-29(42-11-9-41(10-12-42)28(47)15-35-30(48)22-7-5-6-8-23(22)34)31(49)45-33(44(24)18-26(46)37-27-13-20(2)19-50-27)38-32(39-45)43-16-21-14-36-40(3)25(21)17-43/h5-8,13-14,19H,4,9-12,15-18H2,1-3H3,(H,35,48)(H,37,46). The molecule has 0 bridgehead atoms. The molecule has 15 nitrogen and oxygen atoms in total. The maximum Gasteiger partial charge on any atom is 0.299 e. The van der Waals surface area contributed by atoms with Gasteiger partial charge in [0.1, 0.15) is 18.0 Å². The molecule has 0 atom stereocenters. The summed E-state index contributed by atoms with van der Waals surface area (Å²) in [4.78, 5) is 63.5. The van der Waals surface area contributed by atoms with Gasteiger partial charge in [0.05, 0.1) is 41.2 Å². The van der Waals surface area contributed by atoms with Crippen LogP contribution in [0.5, 0.6) is 0 Å². The SMILES string of the molecule is CCc1c(N2CCN(C(=O)CNC(=O)c3ccccc3F)CC2)c(=O)n2nc(N3Cc4cnn(C)c4C3)nc2n1CC(=O)Nc1cc(C)cs1. The number of benzene rings is 1. The highest BCUT2D eigenvalue weighted by molar-refractivity contribution is 7.14. The zero-order valence-electron chi connectivity index (χ0n) is 27.8. The minimum absolute atomic E-state index is 0.0979. The summed E-state index contributed by atoms with van der Waals surface area (Å²) in [5.41, 5.74) is 3.67. The Hall–Kier alpha value is -5.58. The molecule has 4 aromatic heterocycles. The van der Waals surface area contributed by atoms with Crippen molar-refractivity contribution in [1.29, 1.82) is 0 Å². The summed E-state index contributed by atoms with van der Waals surface area (Å²) >= 11 is 1.44. The molecular formula is C33H36FN11O4S. The number of halogens is 1. The van der Waals surface area contributed by atoms with Crippen molar-refractivity contribution in [2.75, 3.05) is 47.8 Å². The number of hydrogen-bond donors (Lipinski definition) is 2. The number of rotatable bonds is 9. The van der Waals surface area contributed by atoms with Crippen LogP contribution in [0.2, 0.25) is 0 Å². The normalized spacial score (nSPS) is 14.4. The Morgan fingerprint density at radius 1 is 1.06 bits per heavy atom. The Labute approximate surface area is 289 Å². The van der Waals surface area contributed by atoms with Crippen molar-refractivity contribution in [3.63, 3.8) is 0 Å². The van der Waals surface area contributed by atoms with Gasteiger partial charge < -0.3 is 29.9 Å². The summed E-state index contributed by atoms with van der Waals surface area (Å²) in [6.45, 7) is 5.79. The molecule has 260 valence electrons. The number of aryl methyl sites for hydroxylation is 2. The fraction of sp³-hybridized carbons (Fsp3) is 0.364. The van der Waals surface area contributed by atoms with Crippen LogP contribution in [0.3, 0.4) is 0 Å². The van der Waals surface area contributed by atoms with Gasteiger partial charge in [-0.25, -0.2) is 4.39 Å². The van der Waals surface area contributed by atoms with Crippen LogP contribution in [0.15, 0.2) is 46.7 Å². The van der Waals surface area contributed by atoms with E-state index in [-0.39, 0.29) is 54.9 Å². The van der Waals surface area contributed by atoms with Crippen LogP contribution < -0.4 is 26.0 Å². The van der Waals surface area contributed by atoms with E-state index in [1.807, 2.05) is 53.0 Å². The molecule has 17 heteroatoms. The number of nitrogens with one attached hydrogen (secondary N) is 2. The predicted octanol–water partition coefficient (Wildman–Crippen LogP) is 1.93. The topological polar surface area (TPSA) is 155 Å². The lowest BCUT2D eigenvalue weighted by Crippen LogP contribution is -2.52. The number of anilines is 3. The Balaban J connectivity index is 1.15. The molecule has 1 fully saturated rings. The zero-order valence-corrected chi connectivity index (χ0v) is 28.7. The first-order valence-corrected chi connectivity index (χ1v) is 17.2. The van der Waals surface area contributed by atoms with Crippen LogP contribution in [0.25, 0.3) is 5.78 Å². The number of thiophene rings is 1. The van der Waals surface area contributed by atoms with Crippen molar-refractivity contribution in [2.45, 2.75) is 39.9 Å². The third-order valence-electron chi connectivity index (χ3n) is 9.04. The lowest BCUT2D eigenvalue weighted by atomic mass is 10.2. The third-order valence-corrected chi connectivity index (χ3v) is 10.0. The number of piperazine rings is 1. The number of aromatic nitrogens is 6. The van der Waals surface area contributed by atoms with Crippen molar-refractivity contribution in [3.8, 4) is 0 Å². The highest BCUT2D eigenvalue weighted by Crippen LogP contribution is 2.28. The molecule has 50 heavy (non-hydrogen) atoms. The van der Waals surface area contributed by atoms with E-state index in [2.05, 4.69) is 20.8 Å². The van der Waals surface area contributed by atoms with Crippen molar-refractivity contribution in [2.24, 2.45) is 7.05 Å². The smallest absolute Gasteiger partial charge is 0.299 e. The largest absolute Gasteiger partial charge is 0.362 e. The fourth-order valence-electron chi connectivity index (χ4n) is 6.49. The van der Waals surface area contributed by atoms with Gasteiger partial charge in [-0.05, 0) is 42.5 Å². The molecule has 6 heterocycles. The second kappa shape index (κ2) is 13.4. The van der Waals surface area contributed by atoms with E-state index in [1.54, 1.807) is 15.5 Å². The molecule has 0 unspecified atom stereocenters. The molecule has 1 saturated heterocycles. The van der Waals surface area contributed by atoms with Gasteiger partial charge in [-0.2, -0.15) is 14.6 Å². The predicted molar refractivity (Wildman–Crippen MR) is 185 cm³/mol. The van der Waals surface area contributed by atoms with Gasteiger partial charge in [0.25, 0.3) is 11.5 Å². The first-order chi connectivity index (χ1) is 24.1. The van der Waals surface area contributed by atoms with Crippen LogP contribution in [-0.2, 0) is 42.7 Å². The van der Waals surface area contributed by atoms with E-state index < -0.39 is 11.7 Å². The molecule has 7 rings (SSSR count). The van der Waals surface area contributed by atoms with Crippen molar-refractivity contribution in [3.05, 3.63) is 86.2 Å². The average Bonchev–Trinajstić information content (AvgIpc) is 3.90. The molecule has 2 aliphatic heterocycles. The van der Waals surface area contributed by atoms with E-state index in [0.717, 1.165) is 21.8 Å². The first-order valence-electron chi connectivity index (χ1n) is 16.3. The monoisotopic (exact) mass is 701 g/mol. The van der Waals surface area contributed by atoms with Gasteiger partial charge >= 0.3 is 0 Å². The highest BCUT2D eigenvalue weighted by atomic mass is 32.1. The Morgan fingerprint density at radius 2 is 1.84 bits per heavy atom. The second-order valence-corrected chi connectivity index (χ2v) is 13.2. The molecule has 0 aliphatic carbocycles. The summed E-state index contributed by atoms with van der Waals surface area (Å²) < 4.78 is 18.9. The van der Waals surface area contributed by atoms with E-state index in [0.29, 0.717) is 49.9 Å². The van der Waals surface area contributed by atoms with Crippen LogP contribution in [-0.4, -0.2) is 84.3 Å². The fourth-order valence-corrected chi connectivity index (χ4v) is 7.29.